The Kier molecular flexibility index (Phi) is 7.39. The van der Waals surface area contributed by atoms with E-state index in [1.54, 1.807) is 0 Å². The molecule has 0 saturated heterocycles. The molecule has 17 heavy (non-hydrogen) atoms. The van der Waals surface area contributed by atoms with Gasteiger partial charge in [0.1, 0.15) is 0 Å². The number of carbonyl (C=O) groups excluding carboxylic acids is 1. The summed E-state index contributed by atoms with van der Waals surface area (Å²) in [6, 6.07) is 0.503. The standard InChI is InChI=1S/C13H29N3O/c1-6-9-15-13(5,12(14)17)8-10-16(7-2)11(3)4/h11,15H,6-10H2,1-5H3,(H2,14,17). The predicted molar refractivity (Wildman–Crippen MR) is 72.9 cm³/mol. The van der Waals surface area contributed by atoms with Crippen molar-refractivity contribution in [3.8, 4) is 0 Å². The minimum absolute atomic E-state index is 0.259. The van der Waals surface area contributed by atoms with Crippen molar-refractivity contribution in [1.29, 1.82) is 0 Å². The lowest BCUT2D eigenvalue weighted by Crippen LogP contribution is -2.55. The second-order valence-electron chi connectivity index (χ2n) is 5.10. The van der Waals surface area contributed by atoms with Gasteiger partial charge in [0.05, 0.1) is 5.54 Å². The fourth-order valence-corrected chi connectivity index (χ4v) is 1.85. The molecule has 1 atom stereocenters. The maximum Gasteiger partial charge on any atom is 0.237 e. The number of nitrogens with two attached hydrogens (primary N) is 1. The summed E-state index contributed by atoms with van der Waals surface area (Å²) in [5.74, 6) is -0.259. The average Bonchev–Trinajstić information content (AvgIpc) is 2.26. The molecule has 0 saturated carbocycles. The molecule has 0 spiro atoms. The molecule has 0 heterocycles. The van der Waals surface area contributed by atoms with Gasteiger partial charge in [-0.1, -0.05) is 13.8 Å². The summed E-state index contributed by atoms with van der Waals surface area (Å²) in [5, 5.41) is 3.26. The number of carbonyl (C=O) groups is 1. The monoisotopic (exact) mass is 243 g/mol. The van der Waals surface area contributed by atoms with Crippen molar-refractivity contribution >= 4 is 5.91 Å². The number of nitrogens with one attached hydrogen (secondary N) is 1. The van der Waals surface area contributed by atoms with Crippen LogP contribution in [0.5, 0.6) is 0 Å². The van der Waals surface area contributed by atoms with Crippen LogP contribution in [0.1, 0.15) is 47.5 Å². The van der Waals surface area contributed by atoms with Crippen LogP contribution in [0, 0.1) is 0 Å². The van der Waals surface area contributed by atoms with Gasteiger partial charge in [-0.15, -0.1) is 0 Å². The minimum atomic E-state index is -0.585. The van der Waals surface area contributed by atoms with Crippen LogP contribution in [0.3, 0.4) is 0 Å². The highest BCUT2D eigenvalue weighted by Crippen LogP contribution is 2.11. The molecule has 4 heteroatoms. The van der Waals surface area contributed by atoms with Gasteiger partial charge >= 0.3 is 0 Å². The number of nitrogens with zero attached hydrogens (tertiary/aromatic N) is 1. The van der Waals surface area contributed by atoms with E-state index < -0.39 is 5.54 Å². The zero-order chi connectivity index (χ0) is 13.5. The second-order valence-corrected chi connectivity index (χ2v) is 5.10. The summed E-state index contributed by atoms with van der Waals surface area (Å²) in [4.78, 5) is 13.9. The Morgan fingerprint density at radius 3 is 2.35 bits per heavy atom. The number of amides is 1. The Morgan fingerprint density at radius 2 is 2.00 bits per heavy atom. The zero-order valence-electron chi connectivity index (χ0n) is 12.0. The van der Waals surface area contributed by atoms with Crippen molar-refractivity contribution < 1.29 is 4.79 Å². The van der Waals surface area contributed by atoms with Crippen LogP contribution in [0.15, 0.2) is 0 Å². The lowest BCUT2D eigenvalue weighted by molar-refractivity contribution is -0.124. The van der Waals surface area contributed by atoms with Crippen LogP contribution < -0.4 is 11.1 Å². The molecule has 3 N–H and O–H groups in total. The number of primary amides is 1. The lowest BCUT2D eigenvalue weighted by Gasteiger charge is -2.32. The molecule has 1 amide bonds. The van der Waals surface area contributed by atoms with Crippen molar-refractivity contribution in [3.63, 3.8) is 0 Å². The topological polar surface area (TPSA) is 58.4 Å². The Bertz CT molecular complexity index is 231. The van der Waals surface area contributed by atoms with Crippen LogP contribution >= 0.6 is 0 Å². The van der Waals surface area contributed by atoms with Gasteiger partial charge in [0.2, 0.25) is 5.91 Å². The largest absolute Gasteiger partial charge is 0.368 e. The van der Waals surface area contributed by atoms with Crippen molar-refractivity contribution in [2.24, 2.45) is 5.73 Å². The molecule has 0 aromatic rings. The van der Waals surface area contributed by atoms with Gasteiger partial charge in [-0.3, -0.25) is 4.79 Å². The fourth-order valence-electron chi connectivity index (χ4n) is 1.85. The molecule has 0 aromatic heterocycles. The smallest absolute Gasteiger partial charge is 0.237 e. The van der Waals surface area contributed by atoms with Crippen LogP contribution in [0.25, 0.3) is 0 Å². The van der Waals surface area contributed by atoms with Gasteiger partial charge < -0.3 is 16.0 Å². The van der Waals surface area contributed by atoms with Crippen LogP contribution in [-0.4, -0.2) is 42.0 Å². The average molecular weight is 243 g/mol. The lowest BCUT2D eigenvalue weighted by atomic mass is 9.96. The van der Waals surface area contributed by atoms with Gasteiger partial charge in [0.25, 0.3) is 0 Å². The van der Waals surface area contributed by atoms with Crippen LogP contribution in [0.4, 0.5) is 0 Å². The number of hydrogen-bond donors (Lipinski definition) is 2. The molecule has 0 aliphatic rings. The fraction of sp³-hybridized carbons (Fsp3) is 0.923. The highest BCUT2D eigenvalue weighted by atomic mass is 16.1. The molecule has 0 radical (unpaired) electrons. The molecular weight excluding hydrogens is 214 g/mol. The molecule has 0 rings (SSSR count). The van der Waals surface area contributed by atoms with Gasteiger partial charge in [0, 0.05) is 12.6 Å². The van der Waals surface area contributed by atoms with E-state index in [-0.39, 0.29) is 5.91 Å². The zero-order valence-corrected chi connectivity index (χ0v) is 12.0. The van der Waals surface area contributed by atoms with E-state index >= 15 is 0 Å². The summed E-state index contributed by atoms with van der Waals surface area (Å²) in [6.45, 7) is 13.2. The van der Waals surface area contributed by atoms with Gasteiger partial charge in [-0.05, 0) is 46.7 Å². The van der Waals surface area contributed by atoms with E-state index in [9.17, 15) is 4.79 Å². The Hall–Kier alpha value is -0.610. The highest BCUT2D eigenvalue weighted by molar-refractivity contribution is 5.84. The maximum atomic E-state index is 11.5. The highest BCUT2D eigenvalue weighted by Gasteiger charge is 2.30. The summed E-state index contributed by atoms with van der Waals surface area (Å²) < 4.78 is 0. The SMILES string of the molecule is CCCNC(C)(CCN(CC)C(C)C)C(N)=O. The van der Waals surface area contributed by atoms with Gasteiger partial charge in [-0.2, -0.15) is 0 Å². The molecular formula is C13H29N3O. The first kappa shape index (κ1) is 16.4. The Balaban J connectivity index is 4.39. The van der Waals surface area contributed by atoms with E-state index in [0.29, 0.717) is 6.04 Å². The summed E-state index contributed by atoms with van der Waals surface area (Å²) in [6.07, 6.45) is 1.76. The Morgan fingerprint density at radius 1 is 1.41 bits per heavy atom. The molecule has 0 aliphatic heterocycles. The van der Waals surface area contributed by atoms with Crippen LogP contribution in [0.2, 0.25) is 0 Å². The predicted octanol–water partition coefficient (Wildman–Crippen LogP) is 1.35. The molecule has 4 nitrogen and oxygen atoms in total. The summed E-state index contributed by atoms with van der Waals surface area (Å²) in [5.41, 5.74) is 4.91. The first-order valence-electron chi connectivity index (χ1n) is 6.66. The van der Waals surface area contributed by atoms with E-state index in [4.69, 9.17) is 5.73 Å². The first-order chi connectivity index (χ1) is 7.87. The molecule has 1 unspecified atom stereocenters. The minimum Gasteiger partial charge on any atom is -0.368 e. The number of rotatable bonds is 9. The molecule has 0 aromatic carbocycles. The van der Waals surface area contributed by atoms with Crippen LogP contribution in [-0.2, 0) is 4.79 Å². The quantitative estimate of drug-likeness (QED) is 0.643. The molecule has 0 aliphatic carbocycles. The normalized spacial score (nSPS) is 15.2. The van der Waals surface area contributed by atoms with E-state index in [1.165, 1.54) is 0 Å². The van der Waals surface area contributed by atoms with Crippen molar-refractivity contribution in [2.45, 2.75) is 59.0 Å². The second kappa shape index (κ2) is 7.67. The van der Waals surface area contributed by atoms with E-state index in [1.807, 2.05) is 6.92 Å². The third-order valence-corrected chi connectivity index (χ3v) is 3.34. The van der Waals surface area contributed by atoms with Crippen molar-refractivity contribution in [2.75, 3.05) is 19.6 Å². The van der Waals surface area contributed by atoms with Crippen molar-refractivity contribution in [3.05, 3.63) is 0 Å². The molecule has 102 valence electrons. The van der Waals surface area contributed by atoms with Gasteiger partial charge in [-0.25, -0.2) is 0 Å². The van der Waals surface area contributed by atoms with Crippen molar-refractivity contribution in [1.82, 2.24) is 10.2 Å². The Labute approximate surface area is 106 Å². The van der Waals surface area contributed by atoms with Gasteiger partial charge in [0.15, 0.2) is 0 Å². The van der Waals surface area contributed by atoms with E-state index in [0.717, 1.165) is 32.5 Å². The number of hydrogen-bond acceptors (Lipinski definition) is 3. The third kappa shape index (κ3) is 5.50. The first-order valence-corrected chi connectivity index (χ1v) is 6.66. The molecule has 0 bridgehead atoms. The summed E-state index contributed by atoms with van der Waals surface area (Å²) >= 11 is 0. The third-order valence-electron chi connectivity index (χ3n) is 3.34. The molecule has 0 fully saturated rings. The maximum absolute atomic E-state index is 11.5. The van der Waals surface area contributed by atoms with E-state index in [2.05, 4.69) is 37.9 Å². The summed E-state index contributed by atoms with van der Waals surface area (Å²) in [7, 11) is 0.